The maximum atomic E-state index is 13.6. The van der Waals surface area contributed by atoms with Gasteiger partial charge in [0.25, 0.3) is 5.91 Å². The Kier molecular flexibility index (Phi) is 3.90. The minimum Gasteiger partial charge on any atom is -0.399 e. The van der Waals surface area contributed by atoms with Gasteiger partial charge < -0.3 is 11.1 Å². The smallest absolute Gasteiger partial charge is 0.256 e. The molecule has 0 atom stereocenters. The zero-order valence-electron chi connectivity index (χ0n) is 10.5. The third-order valence-corrected chi connectivity index (χ3v) is 3.04. The van der Waals surface area contributed by atoms with Crippen LogP contribution >= 0.6 is 11.6 Å². The highest BCUT2D eigenvalue weighted by Gasteiger charge is 2.15. The van der Waals surface area contributed by atoms with Crippen LogP contribution in [-0.4, -0.2) is 5.91 Å². The van der Waals surface area contributed by atoms with E-state index in [1.165, 1.54) is 6.07 Å². The van der Waals surface area contributed by atoms with Gasteiger partial charge in [-0.15, -0.1) is 0 Å². The van der Waals surface area contributed by atoms with Crippen molar-refractivity contribution in [3.8, 4) is 0 Å². The number of benzene rings is 2. The van der Waals surface area contributed by atoms with E-state index >= 15 is 0 Å². The minimum absolute atomic E-state index is 0.205. The normalized spacial score (nSPS) is 10.4. The van der Waals surface area contributed by atoms with Crippen LogP contribution in [0.25, 0.3) is 0 Å². The summed E-state index contributed by atoms with van der Waals surface area (Å²) in [4.78, 5) is 12.1. The molecule has 0 saturated heterocycles. The van der Waals surface area contributed by atoms with E-state index in [-0.39, 0.29) is 10.7 Å². The number of nitrogens with one attached hydrogen (secondary N) is 1. The predicted molar refractivity (Wildman–Crippen MR) is 74.9 cm³/mol. The maximum Gasteiger partial charge on any atom is 0.256 e. The molecule has 0 saturated carbocycles. The standard InChI is InChI=1S/C14H11ClF2N2O/c1-7-4-9(18)2-3-10(7)14(20)19-13-11(15)5-8(16)6-12(13)17/h2-6H,18H2,1H3,(H,19,20). The molecular weight excluding hydrogens is 286 g/mol. The Bertz CT molecular complexity index is 666. The predicted octanol–water partition coefficient (Wildman–Crippen LogP) is 3.76. The first-order chi connectivity index (χ1) is 9.38. The van der Waals surface area contributed by atoms with Crippen molar-refractivity contribution in [2.75, 3.05) is 11.1 Å². The van der Waals surface area contributed by atoms with Gasteiger partial charge in [-0.05, 0) is 36.8 Å². The third kappa shape index (κ3) is 2.88. The minimum atomic E-state index is -0.934. The highest BCUT2D eigenvalue weighted by molar-refractivity contribution is 6.34. The lowest BCUT2D eigenvalue weighted by molar-refractivity contribution is 0.102. The molecule has 104 valence electrons. The van der Waals surface area contributed by atoms with E-state index < -0.39 is 17.5 Å². The quantitative estimate of drug-likeness (QED) is 0.829. The maximum absolute atomic E-state index is 13.6. The summed E-state index contributed by atoms with van der Waals surface area (Å²) < 4.78 is 26.5. The van der Waals surface area contributed by atoms with Crippen LogP contribution in [0.1, 0.15) is 15.9 Å². The third-order valence-electron chi connectivity index (χ3n) is 2.74. The lowest BCUT2D eigenvalue weighted by Crippen LogP contribution is -2.15. The number of amides is 1. The van der Waals surface area contributed by atoms with Crippen molar-refractivity contribution in [2.45, 2.75) is 6.92 Å². The van der Waals surface area contributed by atoms with Crippen LogP contribution in [0.3, 0.4) is 0 Å². The topological polar surface area (TPSA) is 55.1 Å². The fourth-order valence-electron chi connectivity index (χ4n) is 1.78. The van der Waals surface area contributed by atoms with E-state index in [0.717, 1.165) is 6.07 Å². The van der Waals surface area contributed by atoms with E-state index in [2.05, 4.69) is 5.32 Å². The molecule has 0 radical (unpaired) electrons. The van der Waals surface area contributed by atoms with Gasteiger partial charge in [0.1, 0.15) is 5.82 Å². The van der Waals surface area contributed by atoms with Crippen LogP contribution in [0, 0.1) is 18.6 Å². The van der Waals surface area contributed by atoms with Gasteiger partial charge >= 0.3 is 0 Å². The Morgan fingerprint density at radius 1 is 1.25 bits per heavy atom. The van der Waals surface area contributed by atoms with E-state index in [1.54, 1.807) is 19.1 Å². The van der Waals surface area contributed by atoms with Gasteiger partial charge in [-0.2, -0.15) is 0 Å². The number of nitrogens with two attached hydrogens (primary N) is 1. The second-order valence-electron chi connectivity index (χ2n) is 4.27. The Labute approximate surface area is 119 Å². The zero-order chi connectivity index (χ0) is 14.9. The van der Waals surface area contributed by atoms with Crippen LogP contribution in [0.5, 0.6) is 0 Å². The first-order valence-electron chi connectivity index (χ1n) is 5.70. The molecule has 3 N–H and O–H groups in total. The van der Waals surface area contributed by atoms with Crippen molar-refractivity contribution in [1.29, 1.82) is 0 Å². The number of carbonyl (C=O) groups is 1. The number of hydrogen-bond donors (Lipinski definition) is 2. The summed E-state index contributed by atoms with van der Waals surface area (Å²) in [6, 6.07) is 6.28. The zero-order valence-corrected chi connectivity index (χ0v) is 11.3. The van der Waals surface area contributed by atoms with Crippen LogP contribution in [0.4, 0.5) is 20.2 Å². The molecule has 0 heterocycles. The highest BCUT2D eigenvalue weighted by Crippen LogP contribution is 2.27. The lowest BCUT2D eigenvalue weighted by Gasteiger charge is -2.10. The van der Waals surface area contributed by atoms with Crippen molar-refractivity contribution in [3.05, 3.63) is 58.1 Å². The Morgan fingerprint density at radius 3 is 2.55 bits per heavy atom. The van der Waals surface area contributed by atoms with Gasteiger partial charge in [0.05, 0.1) is 10.7 Å². The molecule has 2 aromatic rings. The molecule has 0 fully saturated rings. The van der Waals surface area contributed by atoms with Crippen LogP contribution < -0.4 is 11.1 Å². The number of nitrogen functional groups attached to an aromatic ring is 1. The van der Waals surface area contributed by atoms with Gasteiger partial charge in [-0.25, -0.2) is 8.78 Å². The Morgan fingerprint density at radius 2 is 1.95 bits per heavy atom. The number of carbonyl (C=O) groups excluding carboxylic acids is 1. The SMILES string of the molecule is Cc1cc(N)ccc1C(=O)Nc1c(F)cc(F)cc1Cl. The molecule has 0 unspecified atom stereocenters. The van der Waals surface area contributed by atoms with Gasteiger partial charge in [0, 0.05) is 17.3 Å². The second-order valence-corrected chi connectivity index (χ2v) is 4.68. The van der Waals surface area contributed by atoms with E-state index in [0.29, 0.717) is 22.9 Å². The van der Waals surface area contributed by atoms with Crippen molar-refractivity contribution in [3.63, 3.8) is 0 Å². The van der Waals surface area contributed by atoms with Gasteiger partial charge in [0.15, 0.2) is 5.82 Å². The lowest BCUT2D eigenvalue weighted by atomic mass is 10.1. The summed E-state index contributed by atoms with van der Waals surface area (Å²) in [6.07, 6.45) is 0. The number of hydrogen-bond acceptors (Lipinski definition) is 2. The Balaban J connectivity index is 2.33. The molecule has 6 heteroatoms. The molecule has 0 aliphatic carbocycles. The van der Waals surface area contributed by atoms with Gasteiger partial charge in [0.2, 0.25) is 0 Å². The van der Waals surface area contributed by atoms with Gasteiger partial charge in [-0.1, -0.05) is 11.6 Å². The van der Waals surface area contributed by atoms with E-state index in [4.69, 9.17) is 17.3 Å². The Hall–Kier alpha value is -2.14. The number of rotatable bonds is 2. The van der Waals surface area contributed by atoms with Crippen LogP contribution in [0.2, 0.25) is 5.02 Å². The van der Waals surface area contributed by atoms with Crippen molar-refractivity contribution >= 4 is 28.9 Å². The second kappa shape index (κ2) is 5.46. The summed E-state index contributed by atoms with van der Waals surface area (Å²) in [6.45, 7) is 1.70. The molecule has 0 aliphatic rings. The summed E-state index contributed by atoms with van der Waals surface area (Å²) in [5.41, 5.74) is 6.83. The van der Waals surface area contributed by atoms with Crippen LogP contribution in [0.15, 0.2) is 30.3 Å². The molecule has 2 aromatic carbocycles. The van der Waals surface area contributed by atoms with E-state index in [9.17, 15) is 13.6 Å². The highest BCUT2D eigenvalue weighted by atomic mass is 35.5. The average molecular weight is 297 g/mol. The molecule has 0 spiro atoms. The molecule has 0 aliphatic heterocycles. The molecule has 0 aromatic heterocycles. The largest absolute Gasteiger partial charge is 0.399 e. The summed E-state index contributed by atoms with van der Waals surface area (Å²) >= 11 is 5.72. The first kappa shape index (κ1) is 14.3. The van der Waals surface area contributed by atoms with Gasteiger partial charge in [-0.3, -0.25) is 4.79 Å². The number of anilines is 2. The summed E-state index contributed by atoms with van der Waals surface area (Å²) in [5, 5.41) is 2.12. The molecular formula is C14H11ClF2N2O. The van der Waals surface area contributed by atoms with Crippen molar-refractivity contribution in [1.82, 2.24) is 0 Å². The summed E-state index contributed by atoms with van der Waals surface area (Å²) in [7, 11) is 0. The first-order valence-corrected chi connectivity index (χ1v) is 6.08. The fraction of sp³-hybridized carbons (Fsp3) is 0.0714. The molecule has 20 heavy (non-hydrogen) atoms. The van der Waals surface area contributed by atoms with E-state index in [1.807, 2.05) is 0 Å². The van der Waals surface area contributed by atoms with Crippen molar-refractivity contribution < 1.29 is 13.6 Å². The number of halogens is 3. The monoisotopic (exact) mass is 296 g/mol. The summed E-state index contributed by atoms with van der Waals surface area (Å²) in [5.74, 6) is -2.29. The molecule has 1 amide bonds. The molecule has 2 rings (SSSR count). The molecule has 0 bridgehead atoms. The van der Waals surface area contributed by atoms with Crippen LogP contribution in [-0.2, 0) is 0 Å². The fourth-order valence-corrected chi connectivity index (χ4v) is 2.03. The number of aryl methyl sites for hydroxylation is 1. The molecule has 3 nitrogen and oxygen atoms in total. The average Bonchev–Trinajstić information content (AvgIpc) is 2.33. The van der Waals surface area contributed by atoms with Crippen molar-refractivity contribution in [2.24, 2.45) is 0 Å².